The van der Waals surface area contributed by atoms with E-state index in [1.807, 2.05) is 36.6 Å². The van der Waals surface area contributed by atoms with Crippen LogP contribution in [-0.2, 0) is 9.59 Å². The number of benzene rings is 1. The normalized spacial score (nSPS) is 11.8. The number of carbonyl (C=O) groups is 2. The Kier molecular flexibility index (Phi) is 7.13. The van der Waals surface area contributed by atoms with Gasteiger partial charge in [-0.15, -0.1) is 11.3 Å². The summed E-state index contributed by atoms with van der Waals surface area (Å²) >= 11 is 1.43. The van der Waals surface area contributed by atoms with Crippen molar-refractivity contribution in [1.82, 2.24) is 10.3 Å². The minimum Gasteiger partial charge on any atom is -0.350 e. The molecule has 0 saturated carbocycles. The average Bonchev–Trinajstić information content (AvgIpc) is 3.03. The van der Waals surface area contributed by atoms with Crippen molar-refractivity contribution in [3.05, 3.63) is 35.2 Å². The molecule has 2 aromatic rings. The molecule has 0 aliphatic rings. The highest BCUT2D eigenvalue weighted by Crippen LogP contribution is 2.26. The minimum atomic E-state index is -0.0459. The summed E-state index contributed by atoms with van der Waals surface area (Å²) in [7, 11) is 0. The van der Waals surface area contributed by atoms with Crippen molar-refractivity contribution in [2.75, 3.05) is 5.32 Å². The Bertz CT molecular complexity index is 710. The van der Waals surface area contributed by atoms with Crippen LogP contribution in [0.5, 0.6) is 0 Å². The Morgan fingerprint density at radius 2 is 1.92 bits per heavy atom. The molecule has 2 amide bonds. The van der Waals surface area contributed by atoms with Crippen molar-refractivity contribution in [3.63, 3.8) is 0 Å². The summed E-state index contributed by atoms with van der Waals surface area (Å²) in [5.74, 6) is -0.0239. The lowest BCUT2D eigenvalue weighted by Gasteiger charge is -2.13. The van der Waals surface area contributed by atoms with Crippen LogP contribution in [0.4, 0.5) is 5.13 Å². The van der Waals surface area contributed by atoms with E-state index in [9.17, 15) is 9.59 Å². The lowest BCUT2D eigenvalue weighted by molar-refractivity contribution is -0.119. The summed E-state index contributed by atoms with van der Waals surface area (Å²) in [6.45, 7) is 5.58. The number of thiazole rings is 1. The van der Waals surface area contributed by atoms with Crippen molar-refractivity contribution in [1.29, 1.82) is 0 Å². The summed E-state index contributed by atoms with van der Waals surface area (Å²) in [6.07, 6.45) is 3.62. The van der Waals surface area contributed by atoms with E-state index < -0.39 is 0 Å². The van der Waals surface area contributed by atoms with Gasteiger partial charge in [-0.25, -0.2) is 4.98 Å². The van der Waals surface area contributed by atoms with Gasteiger partial charge in [0, 0.05) is 24.3 Å². The van der Waals surface area contributed by atoms with Crippen LogP contribution in [0, 0.1) is 0 Å². The first-order chi connectivity index (χ1) is 12.0. The van der Waals surface area contributed by atoms with E-state index in [0.29, 0.717) is 11.6 Å². The molecule has 1 unspecified atom stereocenters. The molecule has 0 fully saturated rings. The molecular weight excluding hydrogens is 334 g/mol. The fraction of sp³-hybridized carbons (Fsp3) is 0.421. The smallest absolute Gasteiger partial charge is 0.226 e. The Labute approximate surface area is 152 Å². The van der Waals surface area contributed by atoms with Crippen LogP contribution in [0.2, 0.25) is 0 Å². The first kappa shape index (κ1) is 19.1. The fourth-order valence-corrected chi connectivity index (χ4v) is 3.25. The van der Waals surface area contributed by atoms with Crippen LogP contribution < -0.4 is 10.6 Å². The maximum atomic E-state index is 11.9. The zero-order valence-corrected chi connectivity index (χ0v) is 15.8. The molecule has 5 nitrogen and oxygen atoms in total. The Balaban J connectivity index is 1.97. The molecule has 1 atom stereocenters. The van der Waals surface area contributed by atoms with Crippen molar-refractivity contribution >= 4 is 28.3 Å². The Hall–Kier alpha value is -2.21. The number of nitrogens with zero attached hydrogens (tertiary/aromatic N) is 1. The second kappa shape index (κ2) is 9.32. The van der Waals surface area contributed by atoms with Gasteiger partial charge in [-0.05, 0) is 18.9 Å². The van der Waals surface area contributed by atoms with Crippen LogP contribution >= 0.6 is 11.3 Å². The van der Waals surface area contributed by atoms with Crippen LogP contribution in [0.1, 0.15) is 58.1 Å². The SMILES string of the molecule is CCCCCC(=O)Nc1nc(-c2ccc(C(C)NC(C)=O)cc2)cs1. The van der Waals surface area contributed by atoms with Gasteiger partial charge in [0.1, 0.15) is 0 Å². The van der Waals surface area contributed by atoms with Crippen LogP contribution in [0.25, 0.3) is 11.3 Å². The van der Waals surface area contributed by atoms with Crippen LogP contribution in [0.15, 0.2) is 29.6 Å². The molecule has 0 bridgehead atoms. The number of anilines is 1. The second-order valence-electron chi connectivity index (χ2n) is 6.09. The van der Waals surface area contributed by atoms with Gasteiger partial charge in [0.25, 0.3) is 0 Å². The van der Waals surface area contributed by atoms with Crippen molar-refractivity contribution in [2.24, 2.45) is 0 Å². The zero-order chi connectivity index (χ0) is 18.2. The number of rotatable bonds is 8. The molecule has 25 heavy (non-hydrogen) atoms. The van der Waals surface area contributed by atoms with Gasteiger partial charge in [0.15, 0.2) is 5.13 Å². The molecule has 0 spiro atoms. The first-order valence-corrected chi connectivity index (χ1v) is 9.50. The molecule has 0 aliphatic heterocycles. The van der Waals surface area contributed by atoms with E-state index in [4.69, 9.17) is 0 Å². The van der Waals surface area contributed by atoms with Crippen molar-refractivity contribution in [2.45, 2.75) is 52.5 Å². The van der Waals surface area contributed by atoms with E-state index in [1.54, 1.807) is 0 Å². The summed E-state index contributed by atoms with van der Waals surface area (Å²) in [5.41, 5.74) is 2.87. The number of carbonyl (C=O) groups excluding carboxylic acids is 2. The third kappa shape index (κ3) is 5.98. The van der Waals surface area contributed by atoms with Gasteiger partial charge in [-0.1, -0.05) is 44.0 Å². The summed E-state index contributed by atoms with van der Waals surface area (Å²) in [6, 6.07) is 7.90. The maximum Gasteiger partial charge on any atom is 0.226 e. The molecule has 1 heterocycles. The van der Waals surface area contributed by atoms with Gasteiger partial charge in [0.05, 0.1) is 11.7 Å². The highest BCUT2D eigenvalue weighted by Gasteiger charge is 2.10. The summed E-state index contributed by atoms with van der Waals surface area (Å²) in [5, 5.41) is 8.30. The standard InChI is InChI=1S/C19H25N3O2S/c1-4-5-6-7-18(24)22-19-21-17(12-25-19)16-10-8-15(9-11-16)13(2)20-14(3)23/h8-13H,4-7H2,1-3H3,(H,20,23)(H,21,22,24). The first-order valence-electron chi connectivity index (χ1n) is 8.62. The van der Waals surface area contributed by atoms with E-state index in [0.717, 1.165) is 36.1 Å². The lowest BCUT2D eigenvalue weighted by Crippen LogP contribution is -2.23. The largest absolute Gasteiger partial charge is 0.350 e. The fourth-order valence-electron chi connectivity index (χ4n) is 2.51. The summed E-state index contributed by atoms with van der Waals surface area (Å²) < 4.78 is 0. The maximum absolute atomic E-state index is 11.9. The highest BCUT2D eigenvalue weighted by atomic mass is 32.1. The minimum absolute atomic E-state index is 0.0221. The predicted octanol–water partition coefficient (Wildman–Crippen LogP) is 4.53. The Morgan fingerprint density at radius 3 is 2.56 bits per heavy atom. The van der Waals surface area contributed by atoms with Crippen molar-refractivity contribution in [3.8, 4) is 11.3 Å². The molecule has 0 saturated heterocycles. The molecule has 6 heteroatoms. The molecule has 0 aliphatic carbocycles. The molecule has 2 rings (SSSR count). The van der Waals surface area contributed by atoms with Gasteiger partial charge in [-0.3, -0.25) is 9.59 Å². The van der Waals surface area contributed by atoms with Gasteiger partial charge < -0.3 is 10.6 Å². The number of amides is 2. The van der Waals surface area contributed by atoms with Crippen LogP contribution in [0.3, 0.4) is 0 Å². The average molecular weight is 359 g/mol. The third-order valence-electron chi connectivity index (χ3n) is 3.88. The third-order valence-corrected chi connectivity index (χ3v) is 4.64. The van der Waals surface area contributed by atoms with Gasteiger partial charge in [0.2, 0.25) is 11.8 Å². The Morgan fingerprint density at radius 1 is 1.20 bits per heavy atom. The molecular formula is C19H25N3O2S. The summed E-state index contributed by atoms with van der Waals surface area (Å²) in [4.78, 5) is 27.5. The number of aromatic nitrogens is 1. The quantitative estimate of drug-likeness (QED) is 0.680. The highest BCUT2D eigenvalue weighted by molar-refractivity contribution is 7.14. The number of hydrogen-bond donors (Lipinski definition) is 2. The monoisotopic (exact) mass is 359 g/mol. The lowest BCUT2D eigenvalue weighted by atomic mass is 10.1. The van der Waals surface area contributed by atoms with E-state index >= 15 is 0 Å². The number of nitrogens with one attached hydrogen (secondary N) is 2. The molecule has 1 aromatic heterocycles. The molecule has 1 aromatic carbocycles. The topological polar surface area (TPSA) is 71.1 Å². The van der Waals surface area contributed by atoms with Gasteiger partial charge >= 0.3 is 0 Å². The molecule has 2 N–H and O–H groups in total. The van der Waals surface area contributed by atoms with E-state index in [2.05, 4.69) is 22.5 Å². The van der Waals surface area contributed by atoms with Crippen LogP contribution in [-0.4, -0.2) is 16.8 Å². The number of hydrogen-bond acceptors (Lipinski definition) is 4. The second-order valence-corrected chi connectivity index (χ2v) is 6.95. The van der Waals surface area contributed by atoms with Crippen molar-refractivity contribution < 1.29 is 9.59 Å². The van der Waals surface area contributed by atoms with E-state index in [-0.39, 0.29) is 17.9 Å². The zero-order valence-electron chi connectivity index (χ0n) is 15.0. The number of unbranched alkanes of at least 4 members (excludes halogenated alkanes) is 2. The van der Waals surface area contributed by atoms with Gasteiger partial charge in [-0.2, -0.15) is 0 Å². The predicted molar refractivity (Wildman–Crippen MR) is 103 cm³/mol. The molecule has 0 radical (unpaired) electrons. The molecule has 134 valence electrons. The van der Waals surface area contributed by atoms with E-state index in [1.165, 1.54) is 18.3 Å².